The fourth-order valence-electron chi connectivity index (χ4n) is 1.71. The van der Waals surface area contributed by atoms with Gasteiger partial charge in [-0.2, -0.15) is 5.26 Å². The summed E-state index contributed by atoms with van der Waals surface area (Å²) in [5.41, 5.74) is 0.929. The van der Waals surface area contributed by atoms with Gasteiger partial charge in [0.1, 0.15) is 11.8 Å². The van der Waals surface area contributed by atoms with Gasteiger partial charge < -0.3 is 4.74 Å². The topological polar surface area (TPSA) is 50.1 Å². The maximum atomic E-state index is 12.1. The summed E-state index contributed by atoms with van der Waals surface area (Å²) in [7, 11) is 0. The van der Waals surface area contributed by atoms with Crippen LogP contribution in [0.15, 0.2) is 47.4 Å². The van der Waals surface area contributed by atoms with Gasteiger partial charge in [-0.05, 0) is 30.5 Å². The van der Waals surface area contributed by atoms with Crippen LogP contribution in [0.3, 0.4) is 0 Å². The fourth-order valence-corrected chi connectivity index (χ4v) is 2.28. The zero-order valence-corrected chi connectivity index (χ0v) is 12.9. The maximum Gasteiger partial charge on any atom is 0.200 e. The molecule has 0 aromatic heterocycles. The number of hydrogen-bond donors (Lipinski definition) is 0. The number of hydrogen-bond acceptors (Lipinski definition) is 4. The highest BCUT2D eigenvalue weighted by Crippen LogP contribution is 2.23. The molecule has 0 bridgehead atoms. The molecule has 3 nitrogen and oxygen atoms in total. The van der Waals surface area contributed by atoms with Crippen LogP contribution < -0.4 is 4.74 Å². The minimum Gasteiger partial charge on any atom is -0.484 e. The van der Waals surface area contributed by atoms with E-state index in [0.29, 0.717) is 21.9 Å². The first-order chi connectivity index (χ1) is 10.1. The number of rotatable bonds is 5. The number of benzene rings is 2. The molecule has 21 heavy (non-hydrogen) atoms. The van der Waals surface area contributed by atoms with Gasteiger partial charge in [-0.3, -0.25) is 4.79 Å². The van der Waals surface area contributed by atoms with Gasteiger partial charge in [-0.15, -0.1) is 11.8 Å². The van der Waals surface area contributed by atoms with Crippen molar-refractivity contribution in [2.45, 2.75) is 4.90 Å². The SMILES string of the molecule is CSc1ccc(C(=O)COc2cc(Cl)ccc2C#N)cc1. The van der Waals surface area contributed by atoms with E-state index in [1.54, 1.807) is 36.0 Å². The highest BCUT2D eigenvalue weighted by Gasteiger charge is 2.10. The molecule has 0 N–H and O–H groups in total. The molecular weight excluding hydrogens is 306 g/mol. The molecule has 0 amide bonds. The second-order valence-corrected chi connectivity index (χ2v) is 5.51. The van der Waals surface area contributed by atoms with E-state index in [0.717, 1.165) is 4.90 Å². The summed E-state index contributed by atoms with van der Waals surface area (Å²) in [6.45, 7) is -0.131. The molecular formula is C16H12ClNO2S. The Bertz CT molecular complexity index is 692. The number of carbonyl (C=O) groups excluding carboxylic acids is 1. The van der Waals surface area contributed by atoms with E-state index in [4.69, 9.17) is 21.6 Å². The Labute approximate surface area is 132 Å². The molecule has 2 aromatic rings. The number of Topliss-reactive ketones (excluding diaryl/α,β-unsaturated/α-hetero) is 1. The minimum absolute atomic E-state index is 0.131. The van der Waals surface area contributed by atoms with Crippen LogP contribution >= 0.6 is 23.4 Å². The van der Waals surface area contributed by atoms with E-state index in [1.807, 2.05) is 24.5 Å². The Morgan fingerprint density at radius 1 is 1.29 bits per heavy atom. The van der Waals surface area contributed by atoms with Gasteiger partial charge in [0.2, 0.25) is 0 Å². The molecule has 0 radical (unpaired) electrons. The molecule has 0 unspecified atom stereocenters. The summed E-state index contributed by atoms with van der Waals surface area (Å²) < 4.78 is 5.42. The predicted octanol–water partition coefficient (Wildman–Crippen LogP) is 4.20. The second kappa shape index (κ2) is 7.16. The van der Waals surface area contributed by atoms with Gasteiger partial charge in [-0.25, -0.2) is 0 Å². The van der Waals surface area contributed by atoms with Crippen molar-refractivity contribution in [1.82, 2.24) is 0 Å². The average molecular weight is 318 g/mol. The number of carbonyl (C=O) groups is 1. The van der Waals surface area contributed by atoms with Gasteiger partial charge >= 0.3 is 0 Å². The lowest BCUT2D eigenvalue weighted by atomic mass is 10.1. The van der Waals surface area contributed by atoms with Crippen LogP contribution in [0.5, 0.6) is 5.75 Å². The van der Waals surface area contributed by atoms with Gasteiger partial charge in [0.05, 0.1) is 5.56 Å². The number of halogens is 1. The van der Waals surface area contributed by atoms with Crippen LogP contribution in [0.1, 0.15) is 15.9 Å². The summed E-state index contributed by atoms with van der Waals surface area (Å²) in [4.78, 5) is 13.1. The Kier molecular flexibility index (Phi) is 5.26. The fraction of sp³-hybridized carbons (Fsp3) is 0.125. The molecule has 5 heteroatoms. The quantitative estimate of drug-likeness (QED) is 0.612. The smallest absolute Gasteiger partial charge is 0.200 e. The first-order valence-electron chi connectivity index (χ1n) is 6.13. The molecule has 0 aliphatic heterocycles. The van der Waals surface area contributed by atoms with E-state index in [9.17, 15) is 4.79 Å². The van der Waals surface area contributed by atoms with E-state index in [2.05, 4.69) is 0 Å². The number of ketones is 1. The van der Waals surface area contributed by atoms with Gasteiger partial charge in [0, 0.05) is 21.5 Å². The number of nitrogens with zero attached hydrogens (tertiary/aromatic N) is 1. The standard InChI is InChI=1S/C16H12ClNO2S/c1-21-14-6-3-11(4-7-14)15(19)10-20-16-8-13(17)5-2-12(16)9-18/h2-8H,10H2,1H3. The highest BCUT2D eigenvalue weighted by molar-refractivity contribution is 7.98. The summed E-state index contributed by atoms with van der Waals surface area (Å²) in [6, 6.07) is 14.0. The molecule has 2 rings (SSSR count). The molecule has 0 aliphatic carbocycles. The van der Waals surface area contributed by atoms with Gasteiger partial charge in [0.25, 0.3) is 0 Å². The lowest BCUT2D eigenvalue weighted by Crippen LogP contribution is -2.12. The molecule has 0 saturated carbocycles. The van der Waals surface area contributed by atoms with Crippen LogP contribution in [0.25, 0.3) is 0 Å². The average Bonchev–Trinajstić information content (AvgIpc) is 2.52. The first kappa shape index (κ1) is 15.4. The molecule has 0 heterocycles. The van der Waals surface area contributed by atoms with E-state index < -0.39 is 0 Å². The Hall–Kier alpha value is -1.96. The monoisotopic (exact) mass is 317 g/mol. The van der Waals surface area contributed by atoms with Crippen molar-refractivity contribution in [3.05, 3.63) is 58.6 Å². The van der Waals surface area contributed by atoms with Crippen molar-refractivity contribution in [3.63, 3.8) is 0 Å². The second-order valence-electron chi connectivity index (χ2n) is 4.19. The molecule has 106 valence electrons. The van der Waals surface area contributed by atoms with Crippen molar-refractivity contribution in [1.29, 1.82) is 5.26 Å². The number of nitriles is 1. The molecule has 0 spiro atoms. The third-order valence-corrected chi connectivity index (χ3v) is 3.81. The van der Waals surface area contributed by atoms with E-state index in [-0.39, 0.29) is 12.4 Å². The van der Waals surface area contributed by atoms with E-state index in [1.165, 1.54) is 6.07 Å². The molecule has 2 aromatic carbocycles. The Morgan fingerprint density at radius 2 is 2.00 bits per heavy atom. The Balaban J connectivity index is 2.07. The van der Waals surface area contributed by atoms with Crippen molar-refractivity contribution in [3.8, 4) is 11.8 Å². The van der Waals surface area contributed by atoms with Crippen LogP contribution in [0.2, 0.25) is 5.02 Å². The van der Waals surface area contributed by atoms with Crippen molar-refractivity contribution >= 4 is 29.1 Å². The minimum atomic E-state index is -0.147. The summed E-state index contributed by atoms with van der Waals surface area (Å²) in [6.07, 6.45) is 1.97. The third-order valence-electron chi connectivity index (χ3n) is 2.83. The van der Waals surface area contributed by atoms with Gasteiger partial charge in [-0.1, -0.05) is 23.7 Å². The van der Waals surface area contributed by atoms with E-state index >= 15 is 0 Å². The zero-order chi connectivity index (χ0) is 15.2. The van der Waals surface area contributed by atoms with Crippen molar-refractivity contribution in [2.24, 2.45) is 0 Å². The largest absolute Gasteiger partial charge is 0.484 e. The maximum absolute atomic E-state index is 12.1. The third kappa shape index (κ3) is 4.01. The number of thioether (sulfide) groups is 1. The highest BCUT2D eigenvalue weighted by atomic mass is 35.5. The van der Waals surface area contributed by atoms with Crippen LogP contribution in [-0.2, 0) is 0 Å². The van der Waals surface area contributed by atoms with Crippen LogP contribution in [0, 0.1) is 11.3 Å². The normalized spacial score (nSPS) is 9.95. The van der Waals surface area contributed by atoms with Crippen LogP contribution in [-0.4, -0.2) is 18.6 Å². The lowest BCUT2D eigenvalue weighted by molar-refractivity contribution is 0.0921. The zero-order valence-electron chi connectivity index (χ0n) is 11.3. The summed E-state index contributed by atoms with van der Waals surface area (Å²) >= 11 is 7.48. The molecule has 0 fully saturated rings. The molecule has 0 aliphatic rings. The molecule has 0 saturated heterocycles. The van der Waals surface area contributed by atoms with Gasteiger partial charge in [0.15, 0.2) is 12.4 Å². The number of ether oxygens (including phenoxy) is 1. The summed E-state index contributed by atoms with van der Waals surface area (Å²) in [5, 5.41) is 9.45. The molecule has 0 atom stereocenters. The predicted molar refractivity (Wildman–Crippen MR) is 84.2 cm³/mol. The Morgan fingerprint density at radius 3 is 2.62 bits per heavy atom. The lowest BCUT2D eigenvalue weighted by Gasteiger charge is -2.08. The van der Waals surface area contributed by atoms with Crippen molar-refractivity contribution in [2.75, 3.05) is 12.9 Å². The first-order valence-corrected chi connectivity index (χ1v) is 7.74. The summed E-state index contributed by atoms with van der Waals surface area (Å²) in [5.74, 6) is 0.172. The van der Waals surface area contributed by atoms with Crippen LogP contribution in [0.4, 0.5) is 0 Å². The van der Waals surface area contributed by atoms with Crippen molar-refractivity contribution < 1.29 is 9.53 Å².